The number of fused-ring (bicyclic) bond motifs is 1. The number of imidazole rings is 1. The van der Waals surface area contributed by atoms with Gasteiger partial charge >= 0.3 is 0 Å². The van der Waals surface area contributed by atoms with Crippen LogP contribution in [0.4, 0.5) is 5.82 Å². The predicted octanol–water partition coefficient (Wildman–Crippen LogP) is 2.49. The van der Waals surface area contributed by atoms with E-state index < -0.39 is 29.6 Å². The SMILES string of the molecule is C=C[C@]1(C(=O)NC)C[C@@H](n2cnc3c(NC4CCC4)nc(C#Cc4ccc(Cl)s4)nc32)C(O)C1O. The number of hydrogen-bond acceptors (Lipinski definition) is 8. The highest BCUT2D eigenvalue weighted by Gasteiger charge is 2.56. The minimum Gasteiger partial charge on any atom is -0.389 e. The van der Waals surface area contributed by atoms with E-state index in [1.807, 2.05) is 6.07 Å². The van der Waals surface area contributed by atoms with E-state index in [-0.39, 0.29) is 6.42 Å². The van der Waals surface area contributed by atoms with Crippen LogP contribution in [-0.2, 0) is 4.79 Å². The van der Waals surface area contributed by atoms with Crippen LogP contribution in [-0.4, -0.2) is 60.9 Å². The zero-order valence-corrected chi connectivity index (χ0v) is 20.6. The van der Waals surface area contributed by atoms with E-state index in [9.17, 15) is 15.0 Å². The van der Waals surface area contributed by atoms with Gasteiger partial charge in [-0.25, -0.2) is 15.0 Å². The number of carbonyl (C=O) groups is 1. The largest absolute Gasteiger partial charge is 0.389 e. The van der Waals surface area contributed by atoms with Gasteiger partial charge in [0, 0.05) is 13.1 Å². The molecule has 2 unspecified atom stereocenters. The van der Waals surface area contributed by atoms with Gasteiger partial charge in [-0.3, -0.25) is 4.79 Å². The number of aliphatic hydroxyl groups excluding tert-OH is 2. The summed E-state index contributed by atoms with van der Waals surface area (Å²) < 4.78 is 2.34. The van der Waals surface area contributed by atoms with Crippen LogP contribution in [0.25, 0.3) is 11.2 Å². The Kier molecular flexibility index (Phi) is 6.27. The Bertz CT molecular complexity index is 1360. The standard InChI is InChI=1S/C24H25ClN6O3S/c1-3-24(23(34)26-2)11-15(19(32)20(24)33)31-12-27-18-21(28-13-5-4-6-13)29-17(30-22(18)31)10-8-14-7-9-16(25)35-14/h3,7,9,12-13,15,19-20,32-33H,1,4-6,11H2,2H3,(H,26,34)(H,28,29,30)/t15-,19?,20?,24+/m1/s1. The molecule has 11 heteroatoms. The van der Waals surface area contributed by atoms with Gasteiger partial charge in [-0.15, -0.1) is 17.9 Å². The lowest BCUT2D eigenvalue weighted by Crippen LogP contribution is -2.45. The van der Waals surface area contributed by atoms with Gasteiger partial charge < -0.3 is 25.4 Å². The van der Waals surface area contributed by atoms with Crippen molar-refractivity contribution in [3.8, 4) is 11.8 Å². The van der Waals surface area contributed by atoms with Gasteiger partial charge in [-0.05, 0) is 49.7 Å². The Morgan fingerprint density at radius 1 is 1.34 bits per heavy atom. The molecule has 2 aliphatic rings. The van der Waals surface area contributed by atoms with Crippen molar-refractivity contribution in [2.24, 2.45) is 5.41 Å². The first-order valence-electron chi connectivity index (χ1n) is 11.4. The van der Waals surface area contributed by atoms with Gasteiger partial charge in [0.05, 0.1) is 33.1 Å². The maximum atomic E-state index is 12.7. The molecule has 0 saturated heterocycles. The first-order chi connectivity index (χ1) is 16.9. The van der Waals surface area contributed by atoms with Gasteiger partial charge in [0.1, 0.15) is 6.10 Å². The van der Waals surface area contributed by atoms with Gasteiger partial charge in [-0.2, -0.15) is 0 Å². The predicted molar refractivity (Wildman–Crippen MR) is 134 cm³/mol. The third kappa shape index (κ3) is 4.08. The summed E-state index contributed by atoms with van der Waals surface area (Å²) in [6, 6.07) is 3.26. The number of halogens is 1. The molecule has 0 bridgehead atoms. The molecule has 0 aromatic carbocycles. The maximum absolute atomic E-state index is 12.7. The number of carbonyl (C=O) groups excluding carboxylic acids is 1. The van der Waals surface area contributed by atoms with Crippen LogP contribution in [0.2, 0.25) is 4.34 Å². The van der Waals surface area contributed by atoms with Crippen molar-refractivity contribution in [2.75, 3.05) is 12.4 Å². The van der Waals surface area contributed by atoms with Crippen molar-refractivity contribution in [3.05, 3.63) is 46.2 Å². The average Bonchev–Trinajstić information content (AvgIpc) is 3.51. The zero-order chi connectivity index (χ0) is 24.7. The Balaban J connectivity index is 1.59. The number of hydrogen-bond donors (Lipinski definition) is 4. The smallest absolute Gasteiger partial charge is 0.232 e. The zero-order valence-electron chi connectivity index (χ0n) is 19.0. The Morgan fingerprint density at radius 3 is 2.77 bits per heavy atom. The molecule has 5 rings (SSSR count). The van der Waals surface area contributed by atoms with E-state index in [2.05, 4.69) is 44.0 Å². The Labute approximate surface area is 211 Å². The van der Waals surface area contributed by atoms with Crippen molar-refractivity contribution < 1.29 is 15.0 Å². The van der Waals surface area contributed by atoms with Crippen LogP contribution in [0.3, 0.4) is 0 Å². The van der Waals surface area contributed by atoms with Gasteiger partial charge in [0.2, 0.25) is 11.7 Å². The molecular formula is C24H25ClN6O3S. The molecule has 9 nitrogen and oxygen atoms in total. The third-order valence-corrected chi connectivity index (χ3v) is 8.05. The van der Waals surface area contributed by atoms with Crippen LogP contribution in [0, 0.1) is 17.3 Å². The number of aromatic nitrogens is 4. The van der Waals surface area contributed by atoms with E-state index in [0.29, 0.717) is 33.2 Å². The highest BCUT2D eigenvalue weighted by molar-refractivity contribution is 7.16. The first-order valence-corrected chi connectivity index (χ1v) is 12.6. The van der Waals surface area contributed by atoms with Crippen molar-refractivity contribution in [1.29, 1.82) is 0 Å². The van der Waals surface area contributed by atoms with E-state index in [0.717, 1.165) is 24.1 Å². The Hall–Kier alpha value is -2.97. The molecule has 35 heavy (non-hydrogen) atoms. The fourth-order valence-corrected chi connectivity index (χ4v) is 5.58. The highest BCUT2D eigenvalue weighted by atomic mass is 35.5. The number of nitrogens with one attached hydrogen (secondary N) is 2. The summed E-state index contributed by atoms with van der Waals surface area (Å²) >= 11 is 7.38. The van der Waals surface area contributed by atoms with E-state index in [4.69, 9.17) is 11.6 Å². The number of amides is 1. The molecule has 2 saturated carbocycles. The summed E-state index contributed by atoms with van der Waals surface area (Å²) in [4.78, 5) is 27.2. The fraction of sp³-hybridized carbons (Fsp3) is 0.417. The lowest BCUT2D eigenvalue weighted by Gasteiger charge is -2.27. The first kappa shape index (κ1) is 23.8. The number of anilines is 1. The van der Waals surface area contributed by atoms with Crippen LogP contribution in [0.1, 0.15) is 42.4 Å². The molecule has 0 aliphatic heterocycles. The van der Waals surface area contributed by atoms with Crippen LogP contribution in [0.5, 0.6) is 0 Å². The summed E-state index contributed by atoms with van der Waals surface area (Å²) in [6.45, 7) is 3.76. The monoisotopic (exact) mass is 512 g/mol. The summed E-state index contributed by atoms with van der Waals surface area (Å²) in [7, 11) is 1.49. The molecule has 2 aliphatic carbocycles. The van der Waals surface area contributed by atoms with Crippen molar-refractivity contribution in [1.82, 2.24) is 24.8 Å². The molecule has 0 spiro atoms. The molecule has 4 N–H and O–H groups in total. The van der Waals surface area contributed by atoms with E-state index in [1.54, 1.807) is 17.0 Å². The molecule has 1 amide bonds. The lowest BCUT2D eigenvalue weighted by atomic mass is 9.82. The lowest BCUT2D eigenvalue weighted by molar-refractivity contribution is -0.134. The van der Waals surface area contributed by atoms with E-state index >= 15 is 0 Å². The number of nitrogens with zero attached hydrogens (tertiary/aromatic N) is 4. The summed E-state index contributed by atoms with van der Waals surface area (Å²) in [6.07, 6.45) is 3.77. The molecule has 2 fully saturated rings. The average molecular weight is 513 g/mol. The van der Waals surface area contributed by atoms with Crippen molar-refractivity contribution in [2.45, 2.75) is 50.0 Å². The highest BCUT2D eigenvalue weighted by Crippen LogP contribution is 2.46. The Morgan fingerprint density at radius 2 is 2.14 bits per heavy atom. The summed E-state index contributed by atoms with van der Waals surface area (Å²) in [5.41, 5.74) is -0.334. The molecular weight excluding hydrogens is 488 g/mol. The molecule has 3 aromatic rings. The quantitative estimate of drug-likeness (QED) is 0.306. The van der Waals surface area contributed by atoms with Crippen LogP contribution < -0.4 is 10.6 Å². The van der Waals surface area contributed by atoms with Crippen LogP contribution >= 0.6 is 22.9 Å². The second-order valence-corrected chi connectivity index (χ2v) is 10.6. The number of aliphatic hydroxyl groups is 2. The number of thiophene rings is 1. The van der Waals surface area contributed by atoms with Gasteiger partial charge in [-0.1, -0.05) is 17.7 Å². The second kappa shape index (κ2) is 9.24. The number of rotatable bonds is 5. The summed E-state index contributed by atoms with van der Waals surface area (Å²) in [5, 5.41) is 27.8. The third-order valence-electron chi connectivity index (χ3n) is 6.90. The molecule has 182 valence electrons. The fourth-order valence-electron chi connectivity index (χ4n) is 4.68. The van der Waals surface area contributed by atoms with Crippen LogP contribution in [0.15, 0.2) is 31.1 Å². The van der Waals surface area contributed by atoms with Gasteiger partial charge in [0.15, 0.2) is 17.0 Å². The molecule has 0 radical (unpaired) electrons. The summed E-state index contributed by atoms with van der Waals surface area (Å²) in [5.74, 6) is 6.50. The molecule has 3 aromatic heterocycles. The maximum Gasteiger partial charge on any atom is 0.232 e. The minimum absolute atomic E-state index is 0.133. The van der Waals surface area contributed by atoms with Crippen molar-refractivity contribution >= 4 is 45.8 Å². The normalized spacial score (nSPS) is 26.1. The van der Waals surface area contributed by atoms with Gasteiger partial charge in [0.25, 0.3) is 0 Å². The molecule has 3 heterocycles. The minimum atomic E-state index is -1.34. The van der Waals surface area contributed by atoms with E-state index in [1.165, 1.54) is 24.5 Å². The van der Waals surface area contributed by atoms with Crippen molar-refractivity contribution in [3.63, 3.8) is 0 Å². The molecule has 4 atom stereocenters. The second-order valence-electron chi connectivity index (χ2n) is 8.88. The topological polar surface area (TPSA) is 125 Å².